The van der Waals surface area contributed by atoms with Crippen molar-refractivity contribution in [2.75, 3.05) is 11.2 Å². The van der Waals surface area contributed by atoms with Crippen LogP contribution in [0.15, 0.2) is 77.7 Å². The zero-order valence-corrected chi connectivity index (χ0v) is 20.3. The maximum absolute atomic E-state index is 6.42. The summed E-state index contributed by atoms with van der Waals surface area (Å²) in [5, 5.41) is 1.94. The van der Waals surface area contributed by atoms with Crippen LogP contribution in [-0.4, -0.2) is 10.3 Å². The number of nitrogens with one attached hydrogen (secondary N) is 1. The minimum atomic E-state index is 0.386. The summed E-state index contributed by atoms with van der Waals surface area (Å²) in [6.45, 7) is 7.00. The zero-order valence-electron chi connectivity index (χ0n) is 18.8. The zero-order chi connectivity index (χ0) is 22.5. The summed E-state index contributed by atoms with van der Waals surface area (Å²) in [5.41, 5.74) is 8.86. The van der Waals surface area contributed by atoms with Crippen molar-refractivity contribution >= 4 is 40.0 Å². The Morgan fingerprint density at radius 3 is 2.53 bits per heavy atom. The van der Waals surface area contributed by atoms with Crippen LogP contribution in [0.4, 0.5) is 5.69 Å². The molecule has 3 aromatic carbocycles. The number of nitrogens with zero attached hydrogens (tertiary/aromatic N) is 1. The monoisotopic (exact) mass is 464 g/mol. The van der Waals surface area contributed by atoms with E-state index in [4.69, 9.17) is 16.4 Å². The number of halogens is 1. The van der Waals surface area contributed by atoms with Gasteiger partial charge in [0.1, 0.15) is 6.61 Å². The fourth-order valence-electron chi connectivity index (χ4n) is 4.01. The van der Waals surface area contributed by atoms with E-state index in [2.05, 4.69) is 91.5 Å². The van der Waals surface area contributed by atoms with Crippen LogP contribution in [-0.2, 0) is 17.9 Å². The van der Waals surface area contributed by atoms with Crippen molar-refractivity contribution in [1.29, 1.82) is 0 Å². The SMILES string of the molecule is CCSc1ccc(CONc2ccc3c(c2)cc(Cc2ccccc2)n3C(C)C)c(Cl)c1. The highest BCUT2D eigenvalue weighted by molar-refractivity contribution is 7.99. The quantitative estimate of drug-likeness (QED) is 0.200. The molecule has 0 saturated heterocycles. The van der Waals surface area contributed by atoms with Gasteiger partial charge in [0.05, 0.1) is 5.69 Å². The molecule has 166 valence electrons. The number of hydrogen-bond acceptors (Lipinski definition) is 3. The molecule has 1 heterocycles. The van der Waals surface area contributed by atoms with E-state index in [9.17, 15) is 0 Å². The first-order valence-electron chi connectivity index (χ1n) is 11.0. The molecular formula is C27H29ClN2OS. The molecule has 0 aliphatic rings. The average Bonchev–Trinajstić information content (AvgIpc) is 3.13. The number of thioether (sulfide) groups is 1. The van der Waals surface area contributed by atoms with Gasteiger partial charge < -0.3 is 4.57 Å². The molecule has 0 aliphatic carbocycles. The molecule has 0 amide bonds. The molecule has 0 radical (unpaired) electrons. The largest absolute Gasteiger partial charge is 0.342 e. The van der Waals surface area contributed by atoms with Crippen LogP contribution in [0.1, 0.15) is 43.6 Å². The summed E-state index contributed by atoms with van der Waals surface area (Å²) in [5.74, 6) is 1.03. The van der Waals surface area contributed by atoms with Gasteiger partial charge in [-0.2, -0.15) is 0 Å². The third-order valence-electron chi connectivity index (χ3n) is 5.42. The Bertz CT molecular complexity index is 1190. The summed E-state index contributed by atoms with van der Waals surface area (Å²) in [4.78, 5) is 6.95. The van der Waals surface area contributed by atoms with Gasteiger partial charge in [0.15, 0.2) is 0 Å². The second-order valence-corrected chi connectivity index (χ2v) is 9.86. The summed E-state index contributed by atoms with van der Waals surface area (Å²) in [7, 11) is 0. The molecule has 0 unspecified atom stereocenters. The standard InChI is InChI=1S/C27H29ClN2OS/c1-4-32-25-12-10-21(26(28)17-25)18-31-29-23-11-13-27-22(15-23)16-24(30(27)19(2)3)14-20-8-6-5-7-9-20/h5-13,15-17,19,29H,4,14,18H2,1-3H3. The van der Waals surface area contributed by atoms with Gasteiger partial charge in [0.25, 0.3) is 0 Å². The molecule has 0 saturated carbocycles. The summed E-state index contributed by atoms with van der Waals surface area (Å²) >= 11 is 8.20. The van der Waals surface area contributed by atoms with Crippen molar-refractivity contribution in [2.45, 2.75) is 44.7 Å². The minimum absolute atomic E-state index is 0.386. The Balaban J connectivity index is 1.48. The van der Waals surface area contributed by atoms with E-state index >= 15 is 0 Å². The van der Waals surface area contributed by atoms with Crippen molar-refractivity contribution < 1.29 is 4.84 Å². The first kappa shape index (κ1) is 22.8. The highest BCUT2D eigenvalue weighted by Gasteiger charge is 2.13. The van der Waals surface area contributed by atoms with Crippen molar-refractivity contribution in [3.05, 3.63) is 94.6 Å². The van der Waals surface area contributed by atoms with Gasteiger partial charge >= 0.3 is 0 Å². The molecule has 3 nitrogen and oxygen atoms in total. The molecule has 5 heteroatoms. The number of hydrogen-bond donors (Lipinski definition) is 1. The Labute approximate surface area is 199 Å². The molecular weight excluding hydrogens is 436 g/mol. The molecule has 0 aliphatic heterocycles. The van der Waals surface area contributed by atoms with Crippen LogP contribution >= 0.6 is 23.4 Å². The molecule has 1 N–H and O–H groups in total. The lowest BCUT2D eigenvalue weighted by atomic mass is 10.1. The molecule has 4 rings (SSSR count). The first-order valence-corrected chi connectivity index (χ1v) is 12.4. The molecule has 0 atom stereocenters. The molecule has 4 aromatic rings. The van der Waals surface area contributed by atoms with Crippen LogP contribution in [0.2, 0.25) is 5.02 Å². The summed E-state index contributed by atoms with van der Waals surface area (Å²) in [6.07, 6.45) is 0.914. The first-order chi connectivity index (χ1) is 15.5. The lowest BCUT2D eigenvalue weighted by Crippen LogP contribution is -2.06. The molecule has 0 spiro atoms. The maximum Gasteiger partial charge on any atom is 0.101 e. The number of anilines is 1. The fourth-order valence-corrected chi connectivity index (χ4v) is 5.01. The number of benzene rings is 3. The minimum Gasteiger partial charge on any atom is -0.342 e. The number of fused-ring (bicyclic) bond motifs is 1. The maximum atomic E-state index is 6.42. The fraction of sp³-hybridized carbons (Fsp3) is 0.259. The van der Waals surface area contributed by atoms with Gasteiger partial charge in [0, 0.05) is 39.0 Å². The van der Waals surface area contributed by atoms with Crippen molar-refractivity contribution in [1.82, 2.24) is 4.57 Å². The van der Waals surface area contributed by atoms with Gasteiger partial charge in [0.2, 0.25) is 0 Å². The topological polar surface area (TPSA) is 26.2 Å². The number of rotatable bonds is 9. The Hall–Kier alpha value is -2.40. The Morgan fingerprint density at radius 2 is 1.81 bits per heavy atom. The van der Waals surface area contributed by atoms with E-state index < -0.39 is 0 Å². The van der Waals surface area contributed by atoms with E-state index in [1.54, 1.807) is 11.8 Å². The second kappa shape index (κ2) is 10.5. The third kappa shape index (κ3) is 5.32. The van der Waals surface area contributed by atoms with Gasteiger partial charge in [-0.3, -0.25) is 10.3 Å². The second-order valence-electron chi connectivity index (χ2n) is 8.11. The van der Waals surface area contributed by atoms with E-state index in [0.717, 1.165) is 28.4 Å². The molecule has 0 bridgehead atoms. The van der Waals surface area contributed by atoms with Gasteiger partial charge in [-0.05, 0) is 67.1 Å². The van der Waals surface area contributed by atoms with Crippen LogP contribution in [0.25, 0.3) is 10.9 Å². The van der Waals surface area contributed by atoms with Crippen LogP contribution in [0.3, 0.4) is 0 Å². The third-order valence-corrected chi connectivity index (χ3v) is 6.64. The normalized spacial score (nSPS) is 11.4. The molecule has 1 aromatic heterocycles. The van der Waals surface area contributed by atoms with Crippen LogP contribution in [0.5, 0.6) is 0 Å². The smallest absolute Gasteiger partial charge is 0.101 e. The van der Waals surface area contributed by atoms with Gasteiger partial charge in [-0.1, -0.05) is 54.9 Å². The van der Waals surface area contributed by atoms with Crippen molar-refractivity contribution in [3.8, 4) is 0 Å². The summed E-state index contributed by atoms with van der Waals surface area (Å²) < 4.78 is 2.42. The van der Waals surface area contributed by atoms with Crippen LogP contribution in [0, 0.1) is 0 Å². The predicted octanol–water partition coefficient (Wildman–Crippen LogP) is 8.12. The van der Waals surface area contributed by atoms with E-state index in [1.165, 1.54) is 27.1 Å². The van der Waals surface area contributed by atoms with Crippen molar-refractivity contribution in [2.24, 2.45) is 0 Å². The molecule has 0 fully saturated rings. The van der Waals surface area contributed by atoms with E-state index in [1.807, 2.05) is 12.1 Å². The van der Waals surface area contributed by atoms with E-state index in [0.29, 0.717) is 12.6 Å². The lowest BCUT2D eigenvalue weighted by Gasteiger charge is -2.15. The Morgan fingerprint density at radius 1 is 1.00 bits per heavy atom. The molecule has 32 heavy (non-hydrogen) atoms. The predicted molar refractivity (Wildman–Crippen MR) is 138 cm³/mol. The van der Waals surface area contributed by atoms with Gasteiger partial charge in [-0.25, -0.2) is 0 Å². The van der Waals surface area contributed by atoms with Gasteiger partial charge in [-0.15, -0.1) is 11.8 Å². The average molecular weight is 465 g/mol. The van der Waals surface area contributed by atoms with Crippen molar-refractivity contribution in [3.63, 3.8) is 0 Å². The van der Waals surface area contributed by atoms with Crippen LogP contribution < -0.4 is 5.48 Å². The number of aromatic nitrogens is 1. The van der Waals surface area contributed by atoms with E-state index in [-0.39, 0.29) is 0 Å². The Kier molecular flexibility index (Phi) is 7.46. The highest BCUT2D eigenvalue weighted by atomic mass is 35.5. The summed E-state index contributed by atoms with van der Waals surface area (Å²) in [6, 6.07) is 25.8. The highest BCUT2D eigenvalue weighted by Crippen LogP contribution is 2.29. The lowest BCUT2D eigenvalue weighted by molar-refractivity contribution is 0.180.